The number of benzene rings is 2. The van der Waals surface area contributed by atoms with Gasteiger partial charge in [-0.1, -0.05) is 0 Å². The minimum absolute atomic E-state index is 0.00000349. The second-order valence-corrected chi connectivity index (χ2v) is 13.8. The molecule has 1 fully saturated rings. The number of nitrogens with zero attached hydrogens (tertiary/aromatic N) is 2. The molecule has 3 aliphatic carbocycles. The lowest BCUT2D eigenvalue weighted by molar-refractivity contribution is -0.153. The molecule has 2 aromatic rings. The van der Waals surface area contributed by atoms with Gasteiger partial charge in [-0.3, -0.25) is 23.8 Å². The van der Waals surface area contributed by atoms with E-state index in [0.29, 0.717) is 17.0 Å². The van der Waals surface area contributed by atoms with Crippen molar-refractivity contribution in [1.29, 1.82) is 0 Å². The van der Waals surface area contributed by atoms with Crippen molar-refractivity contribution in [3.8, 4) is 11.5 Å². The second kappa shape index (κ2) is 10.9. The van der Waals surface area contributed by atoms with Gasteiger partial charge in [-0.05, 0) is 68.8 Å². The summed E-state index contributed by atoms with van der Waals surface area (Å²) < 4.78 is 18.5. The Balaban J connectivity index is 1.68. The van der Waals surface area contributed by atoms with Crippen LogP contribution in [0.2, 0.25) is 0 Å². The summed E-state index contributed by atoms with van der Waals surface area (Å²) in [5.74, 6) is -7.38. The number of carbonyl (C=O) groups is 3. The van der Waals surface area contributed by atoms with E-state index in [0.717, 1.165) is 0 Å². The number of Topliss-reactive ketones (excluding diaryl/α,β-unsaturated/α-hetero) is 2. The number of rotatable bonds is 7. The standard InChI is InChI=1S/C30H35N4O10P/c1-33(2)19-12-18(32-45(42,43)15-8-6-14(44-5)7-9-15)24(35)21-16(19)10-13-11-17-23(34(3)4)26(37)22(29(31)40)28(39)30(17,41)27(38)20(13)25(21)36/h6-9,12-13,17,23,35-36,39,41H,10-11H2,1-5H3,(H2,31,40)(H2,32,42,43). The molecule has 5 unspecified atom stereocenters. The number of phenolic OH excluding ortho intramolecular Hbond substituents is 1. The number of aromatic hydroxyl groups is 1. The van der Waals surface area contributed by atoms with Gasteiger partial charge in [-0.2, -0.15) is 0 Å². The Morgan fingerprint density at radius 1 is 1.11 bits per heavy atom. The first-order valence-corrected chi connectivity index (χ1v) is 15.6. The lowest BCUT2D eigenvalue weighted by atomic mass is 9.57. The summed E-state index contributed by atoms with van der Waals surface area (Å²) in [7, 11) is 3.52. The molecule has 0 radical (unpaired) electrons. The van der Waals surface area contributed by atoms with Crippen LogP contribution in [0.15, 0.2) is 47.2 Å². The van der Waals surface area contributed by atoms with E-state index in [2.05, 4.69) is 5.09 Å². The van der Waals surface area contributed by atoms with Crippen LogP contribution in [0.3, 0.4) is 0 Å². The van der Waals surface area contributed by atoms with Crippen molar-refractivity contribution in [2.24, 2.45) is 17.6 Å². The van der Waals surface area contributed by atoms with Gasteiger partial charge in [0.25, 0.3) is 5.91 Å². The van der Waals surface area contributed by atoms with Crippen molar-refractivity contribution in [1.82, 2.24) is 4.90 Å². The van der Waals surface area contributed by atoms with Crippen LogP contribution in [-0.4, -0.2) is 94.6 Å². The molecule has 3 aliphatic rings. The first kappa shape index (κ1) is 32.0. The Bertz CT molecular complexity index is 1750. The van der Waals surface area contributed by atoms with Gasteiger partial charge < -0.3 is 45.8 Å². The minimum atomic E-state index is -4.36. The number of methoxy groups -OCH3 is 1. The van der Waals surface area contributed by atoms with Crippen molar-refractivity contribution in [3.63, 3.8) is 0 Å². The normalized spacial score (nSPS) is 25.7. The maximum atomic E-state index is 14.1. The minimum Gasteiger partial charge on any atom is -0.508 e. The highest BCUT2D eigenvalue weighted by atomic mass is 31.2. The van der Waals surface area contributed by atoms with Gasteiger partial charge >= 0.3 is 7.52 Å². The van der Waals surface area contributed by atoms with Crippen LogP contribution >= 0.6 is 7.52 Å². The summed E-state index contributed by atoms with van der Waals surface area (Å²) in [6.07, 6.45) is -0.00609. The first-order valence-electron chi connectivity index (χ1n) is 13.9. The van der Waals surface area contributed by atoms with Gasteiger partial charge in [-0.15, -0.1) is 0 Å². The highest BCUT2D eigenvalue weighted by Crippen LogP contribution is 2.55. The summed E-state index contributed by atoms with van der Waals surface area (Å²) in [4.78, 5) is 53.6. The maximum Gasteiger partial charge on any atom is 0.321 e. The zero-order chi connectivity index (χ0) is 33.3. The molecule has 15 heteroatoms. The molecule has 14 nitrogen and oxygen atoms in total. The van der Waals surface area contributed by atoms with Gasteiger partial charge in [0, 0.05) is 31.3 Å². The van der Waals surface area contributed by atoms with Crippen LogP contribution in [0.5, 0.6) is 11.5 Å². The van der Waals surface area contributed by atoms with Crippen LogP contribution in [0.25, 0.3) is 5.76 Å². The van der Waals surface area contributed by atoms with E-state index in [1.54, 1.807) is 19.0 Å². The van der Waals surface area contributed by atoms with E-state index in [1.165, 1.54) is 56.4 Å². The third-order valence-electron chi connectivity index (χ3n) is 8.87. The number of hydrogen-bond acceptors (Lipinski definition) is 11. The zero-order valence-corrected chi connectivity index (χ0v) is 26.1. The molecule has 5 atom stereocenters. The van der Waals surface area contributed by atoms with E-state index in [9.17, 15) is 44.3 Å². The molecule has 1 saturated carbocycles. The summed E-state index contributed by atoms with van der Waals surface area (Å²) in [6.45, 7) is 0. The van der Waals surface area contributed by atoms with E-state index in [4.69, 9.17) is 10.5 Å². The zero-order valence-electron chi connectivity index (χ0n) is 25.2. The summed E-state index contributed by atoms with van der Waals surface area (Å²) in [6, 6.07) is 6.00. The summed E-state index contributed by atoms with van der Waals surface area (Å²) >= 11 is 0. The van der Waals surface area contributed by atoms with Crippen molar-refractivity contribution in [3.05, 3.63) is 58.4 Å². The lowest BCUT2D eigenvalue weighted by Gasteiger charge is -2.50. The van der Waals surface area contributed by atoms with Crippen LogP contribution in [0.4, 0.5) is 11.4 Å². The molecule has 0 spiro atoms. The molecule has 0 saturated heterocycles. The molecular formula is C30H35N4O10P. The Hall–Kier alpha value is -4.36. The van der Waals surface area contributed by atoms with E-state index in [1.807, 2.05) is 0 Å². The third kappa shape index (κ3) is 4.76. The fourth-order valence-electron chi connectivity index (χ4n) is 6.79. The number of nitrogens with one attached hydrogen (secondary N) is 1. The number of phenols is 1. The van der Waals surface area contributed by atoms with E-state index in [-0.39, 0.29) is 35.0 Å². The van der Waals surface area contributed by atoms with Crippen LogP contribution < -0.4 is 25.8 Å². The van der Waals surface area contributed by atoms with Crippen molar-refractivity contribution >= 4 is 47.4 Å². The molecule has 0 heterocycles. The van der Waals surface area contributed by atoms with Crippen molar-refractivity contribution in [2.45, 2.75) is 24.5 Å². The van der Waals surface area contributed by atoms with Crippen molar-refractivity contribution in [2.75, 3.05) is 45.3 Å². The van der Waals surface area contributed by atoms with Gasteiger partial charge in [0.2, 0.25) is 5.78 Å². The Kier molecular flexibility index (Phi) is 7.77. The van der Waals surface area contributed by atoms with Crippen LogP contribution in [-0.2, 0) is 25.4 Å². The molecule has 5 rings (SSSR count). The summed E-state index contributed by atoms with van der Waals surface area (Å²) in [5, 5.41) is 48.4. The van der Waals surface area contributed by atoms with Gasteiger partial charge in [0.15, 0.2) is 11.4 Å². The molecule has 0 aliphatic heterocycles. The monoisotopic (exact) mass is 642 g/mol. The number of carbonyl (C=O) groups excluding carboxylic acids is 3. The number of ether oxygens (including phenoxy) is 1. The number of nitrogens with two attached hydrogens (primary N) is 1. The topological polar surface area (TPSA) is 223 Å². The lowest BCUT2D eigenvalue weighted by Crippen LogP contribution is -2.65. The molecule has 240 valence electrons. The number of aliphatic hydroxyl groups is 3. The number of likely N-dealkylation sites (N-methyl/N-ethyl adjacent to an activating group) is 1. The average Bonchev–Trinajstić information content (AvgIpc) is 2.95. The largest absolute Gasteiger partial charge is 0.508 e. The molecule has 2 aromatic carbocycles. The number of anilines is 2. The van der Waals surface area contributed by atoms with Crippen LogP contribution in [0.1, 0.15) is 17.5 Å². The van der Waals surface area contributed by atoms with Crippen LogP contribution in [0, 0.1) is 11.8 Å². The number of aliphatic hydroxyl groups excluding tert-OH is 2. The fraction of sp³-hybridized carbons (Fsp3) is 0.367. The van der Waals surface area contributed by atoms with Crippen molar-refractivity contribution < 1.29 is 49.0 Å². The Morgan fingerprint density at radius 3 is 2.27 bits per heavy atom. The first-order chi connectivity index (χ1) is 21.0. The number of ketones is 2. The van der Waals surface area contributed by atoms with E-state index < -0.39 is 71.3 Å². The number of primary amides is 1. The highest BCUT2D eigenvalue weighted by Gasteiger charge is 2.64. The Morgan fingerprint density at radius 2 is 1.73 bits per heavy atom. The third-order valence-corrected chi connectivity index (χ3v) is 10.4. The average molecular weight is 643 g/mol. The van der Waals surface area contributed by atoms with Gasteiger partial charge in [0.1, 0.15) is 28.6 Å². The van der Waals surface area contributed by atoms with E-state index >= 15 is 0 Å². The fourth-order valence-corrected chi connectivity index (χ4v) is 7.97. The molecule has 1 amide bonds. The highest BCUT2D eigenvalue weighted by molar-refractivity contribution is 7.67. The quantitative estimate of drug-likeness (QED) is 0.127. The molecule has 8 N–H and O–H groups in total. The van der Waals surface area contributed by atoms with Gasteiger partial charge in [0.05, 0.1) is 29.7 Å². The smallest absolute Gasteiger partial charge is 0.321 e. The number of hydrogen-bond donors (Lipinski definition) is 7. The number of fused-ring (bicyclic) bond motifs is 3. The Labute approximate surface area is 258 Å². The predicted molar refractivity (Wildman–Crippen MR) is 165 cm³/mol. The number of amides is 1. The predicted octanol–water partition coefficient (Wildman–Crippen LogP) is 0.961. The SMILES string of the molecule is COc1ccc(P(=O)(O)Nc2cc(N(C)C)c3c(c2O)C(O)=C2C(=O)C4(O)C(O)=C(C(N)=O)C(=O)C(N(C)C)C4CC2C3)cc1. The summed E-state index contributed by atoms with van der Waals surface area (Å²) in [5.41, 5.74) is 1.77. The molecule has 45 heavy (non-hydrogen) atoms. The maximum absolute atomic E-state index is 14.1. The van der Waals surface area contributed by atoms with Gasteiger partial charge in [-0.25, -0.2) is 0 Å². The second-order valence-electron chi connectivity index (χ2n) is 11.9. The molecule has 0 aromatic heterocycles. The molecular weight excluding hydrogens is 607 g/mol. The molecule has 0 bridgehead atoms.